The van der Waals surface area contributed by atoms with Crippen molar-refractivity contribution in [3.8, 4) is 11.8 Å². The van der Waals surface area contributed by atoms with Crippen LogP contribution in [-0.2, 0) is 5.75 Å². The molecule has 62 valence electrons. The highest BCUT2D eigenvalue weighted by atomic mass is 32.1. The van der Waals surface area contributed by atoms with Crippen LogP contribution in [0.4, 0.5) is 0 Å². The summed E-state index contributed by atoms with van der Waals surface area (Å²) in [5.74, 6) is 1.35. The van der Waals surface area contributed by atoms with Gasteiger partial charge in [0.2, 0.25) is 0 Å². The van der Waals surface area contributed by atoms with E-state index in [2.05, 4.69) is 12.6 Å². The van der Waals surface area contributed by atoms with E-state index in [9.17, 15) is 0 Å². The first-order valence-electron chi connectivity index (χ1n) is 3.49. The Hall–Kier alpha value is -1.14. The van der Waals surface area contributed by atoms with E-state index >= 15 is 0 Å². The number of nitriles is 1. The van der Waals surface area contributed by atoms with Gasteiger partial charge in [-0.25, -0.2) is 0 Å². The van der Waals surface area contributed by atoms with Crippen molar-refractivity contribution in [1.29, 1.82) is 5.26 Å². The molecule has 0 spiro atoms. The molecule has 0 aromatic heterocycles. The lowest BCUT2D eigenvalue weighted by Gasteiger charge is -2.05. The molecule has 1 aromatic rings. The Morgan fingerprint density at radius 2 is 2.33 bits per heavy atom. The molecule has 0 saturated heterocycles. The second kappa shape index (κ2) is 4.03. The van der Waals surface area contributed by atoms with Crippen molar-refractivity contribution in [2.24, 2.45) is 0 Å². The molecule has 0 N–H and O–H groups in total. The van der Waals surface area contributed by atoms with Gasteiger partial charge in [0, 0.05) is 11.3 Å². The van der Waals surface area contributed by atoms with Crippen molar-refractivity contribution in [3.63, 3.8) is 0 Å². The summed E-state index contributed by atoms with van der Waals surface area (Å²) in [5.41, 5.74) is 1.61. The summed E-state index contributed by atoms with van der Waals surface area (Å²) >= 11 is 4.13. The Kier molecular flexibility index (Phi) is 3.01. The lowest BCUT2D eigenvalue weighted by atomic mass is 10.1. The Morgan fingerprint density at radius 3 is 2.83 bits per heavy atom. The summed E-state index contributed by atoms with van der Waals surface area (Å²) in [6.07, 6.45) is 0. The fraction of sp³-hybridized carbons (Fsp3) is 0.222. The van der Waals surface area contributed by atoms with E-state index in [1.54, 1.807) is 19.2 Å². The third-order valence-corrected chi connectivity index (χ3v) is 1.93. The minimum Gasteiger partial charge on any atom is -0.496 e. The first-order chi connectivity index (χ1) is 5.81. The summed E-state index contributed by atoms with van der Waals surface area (Å²) in [7, 11) is 1.59. The van der Waals surface area contributed by atoms with Crippen molar-refractivity contribution in [3.05, 3.63) is 29.3 Å². The molecule has 0 aliphatic heterocycles. The largest absolute Gasteiger partial charge is 0.496 e. The summed E-state index contributed by atoms with van der Waals surface area (Å²) in [5, 5.41) is 8.60. The maximum atomic E-state index is 8.60. The molecule has 0 saturated carbocycles. The quantitative estimate of drug-likeness (QED) is 0.704. The van der Waals surface area contributed by atoms with Gasteiger partial charge in [-0.1, -0.05) is 6.07 Å². The molecule has 2 nitrogen and oxygen atoms in total. The van der Waals surface area contributed by atoms with Gasteiger partial charge in [-0.3, -0.25) is 0 Å². The SMILES string of the molecule is COc1cc(C#N)ccc1CS. The second-order valence-electron chi connectivity index (χ2n) is 2.30. The van der Waals surface area contributed by atoms with Gasteiger partial charge in [0.25, 0.3) is 0 Å². The smallest absolute Gasteiger partial charge is 0.124 e. The Morgan fingerprint density at radius 1 is 1.58 bits per heavy atom. The third kappa shape index (κ3) is 1.72. The van der Waals surface area contributed by atoms with E-state index in [1.165, 1.54) is 0 Å². The Balaban J connectivity index is 3.13. The fourth-order valence-electron chi connectivity index (χ4n) is 0.945. The Labute approximate surface area is 77.2 Å². The molecule has 12 heavy (non-hydrogen) atoms. The zero-order chi connectivity index (χ0) is 8.97. The van der Waals surface area contributed by atoms with Gasteiger partial charge >= 0.3 is 0 Å². The molecule has 0 aliphatic carbocycles. The zero-order valence-electron chi connectivity index (χ0n) is 6.74. The maximum absolute atomic E-state index is 8.60. The average molecular weight is 179 g/mol. The third-order valence-electron chi connectivity index (χ3n) is 1.59. The highest BCUT2D eigenvalue weighted by molar-refractivity contribution is 7.79. The van der Waals surface area contributed by atoms with E-state index < -0.39 is 0 Å². The van der Waals surface area contributed by atoms with Crippen LogP contribution in [-0.4, -0.2) is 7.11 Å². The molecule has 0 atom stereocenters. The summed E-state index contributed by atoms with van der Waals surface area (Å²) < 4.78 is 5.08. The predicted octanol–water partition coefficient (Wildman–Crippen LogP) is 2.00. The van der Waals surface area contributed by atoms with Crippen LogP contribution < -0.4 is 4.74 Å². The molecule has 1 rings (SSSR count). The van der Waals surface area contributed by atoms with Crippen molar-refractivity contribution in [2.75, 3.05) is 7.11 Å². The van der Waals surface area contributed by atoms with Crippen LogP contribution in [0.25, 0.3) is 0 Å². The fourth-order valence-corrected chi connectivity index (χ4v) is 1.21. The number of methoxy groups -OCH3 is 1. The predicted molar refractivity (Wildman–Crippen MR) is 50.4 cm³/mol. The van der Waals surface area contributed by atoms with Gasteiger partial charge in [-0.15, -0.1) is 0 Å². The summed E-state index contributed by atoms with van der Waals surface area (Å²) in [6.45, 7) is 0. The molecule has 0 amide bonds. The highest BCUT2D eigenvalue weighted by Crippen LogP contribution is 2.20. The van der Waals surface area contributed by atoms with Crippen LogP contribution in [0.15, 0.2) is 18.2 Å². The topological polar surface area (TPSA) is 33.0 Å². The normalized spacial score (nSPS) is 9.08. The van der Waals surface area contributed by atoms with Crippen LogP contribution in [0.3, 0.4) is 0 Å². The molecule has 1 aromatic carbocycles. The van der Waals surface area contributed by atoms with E-state index in [4.69, 9.17) is 10.00 Å². The molecule has 0 radical (unpaired) electrons. The first-order valence-corrected chi connectivity index (χ1v) is 4.13. The average Bonchev–Trinajstić information content (AvgIpc) is 2.16. The van der Waals surface area contributed by atoms with Crippen LogP contribution >= 0.6 is 12.6 Å². The number of ether oxygens (including phenoxy) is 1. The number of hydrogen-bond acceptors (Lipinski definition) is 3. The molecule has 0 aliphatic rings. The molecule has 0 bridgehead atoms. The molecule has 3 heteroatoms. The van der Waals surface area contributed by atoms with Crippen molar-refractivity contribution in [1.82, 2.24) is 0 Å². The van der Waals surface area contributed by atoms with Crippen molar-refractivity contribution < 1.29 is 4.74 Å². The summed E-state index contributed by atoms with van der Waals surface area (Å²) in [6, 6.07) is 7.37. The number of rotatable bonds is 2. The minimum atomic E-state index is 0.609. The highest BCUT2D eigenvalue weighted by Gasteiger charge is 2.01. The lowest BCUT2D eigenvalue weighted by Crippen LogP contribution is -1.89. The van der Waals surface area contributed by atoms with E-state index in [0.717, 1.165) is 11.3 Å². The number of benzene rings is 1. The number of hydrogen-bond donors (Lipinski definition) is 1. The number of thiol groups is 1. The molecular formula is C9H9NOS. The van der Waals surface area contributed by atoms with Gasteiger partial charge in [0.1, 0.15) is 5.75 Å². The standard InChI is InChI=1S/C9H9NOS/c1-11-9-4-7(5-10)2-3-8(9)6-12/h2-4,12H,6H2,1H3. The van der Waals surface area contributed by atoms with Gasteiger partial charge in [-0.05, 0) is 12.1 Å². The molecule has 0 heterocycles. The van der Waals surface area contributed by atoms with Crippen molar-refractivity contribution >= 4 is 12.6 Å². The number of nitrogens with zero attached hydrogens (tertiary/aromatic N) is 1. The van der Waals surface area contributed by atoms with Crippen LogP contribution in [0.1, 0.15) is 11.1 Å². The van der Waals surface area contributed by atoms with Gasteiger partial charge < -0.3 is 4.74 Å². The van der Waals surface area contributed by atoms with Gasteiger partial charge in [0.05, 0.1) is 18.7 Å². The monoisotopic (exact) mass is 179 g/mol. The molecular weight excluding hydrogens is 170 g/mol. The molecule has 0 unspecified atom stereocenters. The van der Waals surface area contributed by atoms with E-state index in [0.29, 0.717) is 11.3 Å². The van der Waals surface area contributed by atoms with Gasteiger partial charge in [0.15, 0.2) is 0 Å². The minimum absolute atomic E-state index is 0.609. The Bertz CT molecular complexity index is 317. The first kappa shape index (κ1) is 8.95. The second-order valence-corrected chi connectivity index (χ2v) is 2.61. The zero-order valence-corrected chi connectivity index (χ0v) is 7.64. The maximum Gasteiger partial charge on any atom is 0.124 e. The van der Waals surface area contributed by atoms with Crippen molar-refractivity contribution in [2.45, 2.75) is 5.75 Å². The lowest BCUT2D eigenvalue weighted by molar-refractivity contribution is 0.411. The molecule has 0 fully saturated rings. The van der Waals surface area contributed by atoms with E-state index in [1.807, 2.05) is 12.1 Å². The van der Waals surface area contributed by atoms with E-state index in [-0.39, 0.29) is 0 Å². The van der Waals surface area contributed by atoms with Crippen LogP contribution in [0.5, 0.6) is 5.75 Å². The summed E-state index contributed by atoms with van der Waals surface area (Å²) in [4.78, 5) is 0. The van der Waals surface area contributed by atoms with Crippen LogP contribution in [0.2, 0.25) is 0 Å². The van der Waals surface area contributed by atoms with Crippen LogP contribution in [0, 0.1) is 11.3 Å². The van der Waals surface area contributed by atoms with Gasteiger partial charge in [-0.2, -0.15) is 17.9 Å².